The zero-order chi connectivity index (χ0) is 74.6. The minimum Gasteiger partial charge on any atom is -0.462 e. The second kappa shape index (κ2) is 71.0. The highest BCUT2D eigenvalue weighted by molar-refractivity contribution is 7.47. The Morgan fingerprint density at radius 1 is 0.277 bits per heavy atom. The second-order valence-electron chi connectivity index (χ2n) is 31.0. The van der Waals surface area contributed by atoms with Crippen LogP contribution in [0.4, 0.5) is 0 Å². The zero-order valence-electron chi connectivity index (χ0n) is 66.5. The van der Waals surface area contributed by atoms with E-state index in [2.05, 4.69) is 55.4 Å². The van der Waals surface area contributed by atoms with Gasteiger partial charge in [0, 0.05) is 25.7 Å². The van der Waals surface area contributed by atoms with Crippen molar-refractivity contribution in [3.05, 3.63) is 0 Å². The van der Waals surface area contributed by atoms with Gasteiger partial charge in [0.05, 0.1) is 26.4 Å². The summed E-state index contributed by atoms with van der Waals surface area (Å²) in [6.45, 7) is 14.2. The molecule has 0 spiro atoms. The standard InChI is InChI=1S/C82H160O17P2/c1-9-74(7)60-52-44-36-30-26-22-18-13-11-12-14-20-24-28-32-38-48-56-64-81(86)98-77(68-92-79(84)62-54-46-37-31-27-23-19-16-15-17-21-25-29-34-42-50-58-72(3)4)70-96-100(88,89)94-66-76(83)67-95-101(90,91)97-71-78(99-82(87)65-57-49-41-40-45-53-61-75(8)10-2)69-93-80(85)63-55-47-39-33-35-43-51-59-73(5)6/h72-78,83H,9-71H2,1-8H3,(H,88,89)(H,90,91)/t74?,75?,76?,77-,78-/m1/s1. The first-order valence-electron chi connectivity index (χ1n) is 42.3. The monoisotopic (exact) mass is 1480 g/mol. The number of aliphatic hydroxyl groups is 1. The van der Waals surface area contributed by atoms with Gasteiger partial charge in [0.25, 0.3) is 0 Å². The van der Waals surface area contributed by atoms with Crippen LogP contribution in [0.25, 0.3) is 0 Å². The van der Waals surface area contributed by atoms with E-state index in [1.165, 1.54) is 218 Å². The van der Waals surface area contributed by atoms with E-state index in [0.29, 0.717) is 31.6 Å². The number of phosphoric acid groups is 2. The van der Waals surface area contributed by atoms with E-state index in [9.17, 15) is 43.2 Å². The van der Waals surface area contributed by atoms with Crippen LogP contribution in [0, 0.1) is 23.7 Å². The van der Waals surface area contributed by atoms with Gasteiger partial charge in [-0.15, -0.1) is 0 Å². The van der Waals surface area contributed by atoms with Gasteiger partial charge in [0.2, 0.25) is 0 Å². The van der Waals surface area contributed by atoms with E-state index in [-0.39, 0.29) is 25.7 Å². The lowest BCUT2D eigenvalue weighted by atomic mass is 9.99. The smallest absolute Gasteiger partial charge is 0.462 e. The van der Waals surface area contributed by atoms with Gasteiger partial charge in [-0.25, -0.2) is 9.13 Å². The normalized spacial score (nSPS) is 14.5. The summed E-state index contributed by atoms with van der Waals surface area (Å²) in [5.74, 6) is 0.991. The lowest BCUT2D eigenvalue weighted by molar-refractivity contribution is -0.161. The van der Waals surface area contributed by atoms with E-state index >= 15 is 0 Å². The molecule has 0 aromatic heterocycles. The summed E-state index contributed by atoms with van der Waals surface area (Å²) in [4.78, 5) is 73.0. The maximum absolute atomic E-state index is 13.1. The zero-order valence-corrected chi connectivity index (χ0v) is 68.3. The number of esters is 4. The Labute approximate surface area is 619 Å². The van der Waals surface area contributed by atoms with E-state index in [0.717, 1.165) is 114 Å². The van der Waals surface area contributed by atoms with Gasteiger partial charge >= 0.3 is 39.5 Å². The Kier molecular flexibility index (Phi) is 69.6. The van der Waals surface area contributed by atoms with Crippen LogP contribution < -0.4 is 0 Å². The number of carbonyl (C=O) groups excluding carboxylic acids is 4. The Bertz CT molecular complexity index is 1980. The first-order chi connectivity index (χ1) is 48.7. The van der Waals surface area contributed by atoms with Crippen molar-refractivity contribution in [1.29, 1.82) is 0 Å². The van der Waals surface area contributed by atoms with Gasteiger partial charge < -0.3 is 33.8 Å². The molecule has 0 saturated heterocycles. The predicted molar refractivity (Wildman–Crippen MR) is 414 cm³/mol. The summed E-state index contributed by atoms with van der Waals surface area (Å²) in [7, 11) is -9.92. The molecule has 17 nitrogen and oxygen atoms in total. The molecule has 0 aliphatic heterocycles. The van der Waals surface area contributed by atoms with Crippen molar-refractivity contribution in [2.24, 2.45) is 23.7 Å². The molecule has 0 aliphatic carbocycles. The molecule has 0 aliphatic rings. The number of carbonyl (C=O) groups is 4. The molecule has 0 amide bonds. The molecule has 101 heavy (non-hydrogen) atoms. The summed E-state index contributed by atoms with van der Waals surface area (Å²) in [5.41, 5.74) is 0. The Morgan fingerprint density at radius 3 is 0.703 bits per heavy atom. The van der Waals surface area contributed by atoms with Crippen LogP contribution in [0.5, 0.6) is 0 Å². The molecule has 600 valence electrons. The molecule has 0 saturated carbocycles. The average molecular weight is 1480 g/mol. The van der Waals surface area contributed by atoms with Gasteiger partial charge in [-0.3, -0.25) is 37.3 Å². The highest BCUT2D eigenvalue weighted by Gasteiger charge is 2.30. The number of hydrogen-bond acceptors (Lipinski definition) is 15. The lowest BCUT2D eigenvalue weighted by Gasteiger charge is -2.21. The van der Waals surface area contributed by atoms with E-state index in [4.69, 9.17) is 37.0 Å². The summed E-state index contributed by atoms with van der Waals surface area (Å²) < 4.78 is 68.6. The van der Waals surface area contributed by atoms with Crippen molar-refractivity contribution in [2.45, 2.75) is 440 Å². The van der Waals surface area contributed by atoms with Crippen LogP contribution in [-0.4, -0.2) is 96.7 Å². The van der Waals surface area contributed by atoms with Gasteiger partial charge in [0.15, 0.2) is 12.2 Å². The minimum atomic E-state index is -4.96. The largest absolute Gasteiger partial charge is 0.472 e. The molecule has 0 heterocycles. The van der Waals surface area contributed by atoms with E-state index < -0.39 is 97.5 Å². The number of rotatable bonds is 79. The third-order valence-corrected chi connectivity index (χ3v) is 21.7. The quantitative estimate of drug-likeness (QED) is 0.0222. The lowest BCUT2D eigenvalue weighted by Crippen LogP contribution is -2.30. The van der Waals surface area contributed by atoms with Crippen LogP contribution in [0.1, 0.15) is 421 Å². The molecule has 7 atom stereocenters. The van der Waals surface area contributed by atoms with Crippen LogP contribution in [0.3, 0.4) is 0 Å². The number of aliphatic hydroxyl groups excluding tert-OH is 1. The molecule has 0 rings (SSSR count). The Morgan fingerprint density at radius 2 is 0.475 bits per heavy atom. The molecule has 0 aromatic rings. The van der Waals surface area contributed by atoms with Gasteiger partial charge in [-0.2, -0.15) is 0 Å². The topological polar surface area (TPSA) is 237 Å². The van der Waals surface area contributed by atoms with Crippen LogP contribution in [0.15, 0.2) is 0 Å². The second-order valence-corrected chi connectivity index (χ2v) is 33.9. The third-order valence-electron chi connectivity index (χ3n) is 19.8. The van der Waals surface area contributed by atoms with Crippen LogP contribution >= 0.6 is 15.6 Å². The molecular weight excluding hydrogens is 1320 g/mol. The molecule has 0 aromatic carbocycles. The summed E-state index contributed by atoms with van der Waals surface area (Å²) >= 11 is 0. The van der Waals surface area contributed by atoms with E-state index in [1.54, 1.807) is 0 Å². The van der Waals surface area contributed by atoms with Crippen molar-refractivity contribution >= 4 is 39.5 Å². The summed E-state index contributed by atoms with van der Waals surface area (Å²) in [6.07, 6.45) is 58.6. The first-order valence-corrected chi connectivity index (χ1v) is 45.3. The van der Waals surface area contributed by atoms with Gasteiger partial charge in [-0.1, -0.05) is 370 Å². The highest BCUT2D eigenvalue weighted by atomic mass is 31.2. The number of hydrogen-bond donors (Lipinski definition) is 3. The minimum absolute atomic E-state index is 0.102. The fourth-order valence-electron chi connectivity index (χ4n) is 12.5. The summed E-state index contributed by atoms with van der Waals surface area (Å²) in [6, 6.07) is 0. The fourth-order valence-corrected chi connectivity index (χ4v) is 14.1. The van der Waals surface area contributed by atoms with Crippen LogP contribution in [-0.2, 0) is 65.4 Å². The average Bonchev–Trinajstić information content (AvgIpc) is 0.937. The van der Waals surface area contributed by atoms with Gasteiger partial charge in [0.1, 0.15) is 19.3 Å². The maximum Gasteiger partial charge on any atom is 0.472 e. The van der Waals surface area contributed by atoms with E-state index in [1.807, 2.05) is 0 Å². The molecule has 0 radical (unpaired) electrons. The van der Waals surface area contributed by atoms with Crippen molar-refractivity contribution in [1.82, 2.24) is 0 Å². The maximum atomic E-state index is 13.1. The molecular formula is C82H160O17P2. The number of unbranched alkanes of at least 4 members (excludes halogenated alkanes) is 43. The SMILES string of the molecule is CCC(C)CCCCCCCCCCCCCCCCCCCCC(=O)O[C@H](COC(=O)CCCCCCCCCCCCCCCCCCC(C)C)COP(=O)(O)OCC(O)COP(=O)(O)OC[C@@H](COC(=O)CCCCCCCCCC(C)C)OC(=O)CCCCCCCCC(C)CC. The van der Waals surface area contributed by atoms with Crippen molar-refractivity contribution in [3.63, 3.8) is 0 Å². The Balaban J connectivity index is 5.19. The molecule has 0 fully saturated rings. The van der Waals surface area contributed by atoms with Crippen molar-refractivity contribution in [3.8, 4) is 0 Å². The fraction of sp³-hybridized carbons (Fsp3) is 0.951. The molecule has 19 heteroatoms. The van der Waals surface area contributed by atoms with Gasteiger partial charge in [-0.05, 0) is 49.4 Å². The first kappa shape index (κ1) is 99.1. The number of ether oxygens (including phenoxy) is 4. The highest BCUT2D eigenvalue weighted by Crippen LogP contribution is 2.45. The van der Waals surface area contributed by atoms with Crippen LogP contribution in [0.2, 0.25) is 0 Å². The van der Waals surface area contributed by atoms with Crippen molar-refractivity contribution < 1.29 is 80.2 Å². The molecule has 5 unspecified atom stereocenters. The molecule has 3 N–H and O–H groups in total. The Hall–Kier alpha value is -1.94. The third kappa shape index (κ3) is 73.4. The predicted octanol–water partition coefficient (Wildman–Crippen LogP) is 24.4. The molecule has 0 bridgehead atoms. The van der Waals surface area contributed by atoms with Crippen molar-refractivity contribution in [2.75, 3.05) is 39.6 Å². The number of phosphoric ester groups is 2. The summed E-state index contributed by atoms with van der Waals surface area (Å²) in [5, 5.41) is 10.6.